The number of anilines is 1. The largest absolute Gasteiger partial charge is 0.372 e. The summed E-state index contributed by atoms with van der Waals surface area (Å²) in [4.78, 5) is 31.8. The third-order valence-electron chi connectivity index (χ3n) is 8.39. The number of rotatable bonds is 13. The van der Waals surface area contributed by atoms with Crippen LogP contribution in [0.4, 0.5) is 5.69 Å². The van der Waals surface area contributed by atoms with Crippen LogP contribution in [0.5, 0.6) is 0 Å². The molecule has 1 amide bonds. The van der Waals surface area contributed by atoms with Crippen molar-refractivity contribution in [2.75, 3.05) is 36.5 Å². The number of allylic oxidation sites excluding steroid dienone is 6. The van der Waals surface area contributed by atoms with Crippen LogP contribution in [0.3, 0.4) is 0 Å². The van der Waals surface area contributed by atoms with Crippen LogP contribution in [0.25, 0.3) is 0 Å². The van der Waals surface area contributed by atoms with Gasteiger partial charge in [0.2, 0.25) is 0 Å². The van der Waals surface area contributed by atoms with Gasteiger partial charge in [0.1, 0.15) is 6.17 Å². The third-order valence-corrected chi connectivity index (χ3v) is 9.90. The fourth-order valence-corrected chi connectivity index (χ4v) is 6.86. The van der Waals surface area contributed by atoms with Crippen molar-refractivity contribution in [3.8, 4) is 0 Å². The average Bonchev–Trinajstić information content (AvgIpc) is 3.37. The van der Waals surface area contributed by atoms with E-state index in [1.54, 1.807) is 6.20 Å². The van der Waals surface area contributed by atoms with E-state index in [1.165, 1.54) is 12.6 Å². The van der Waals surface area contributed by atoms with E-state index in [4.69, 9.17) is 4.99 Å². The molecule has 3 heterocycles. The molecule has 1 aromatic carbocycles. The van der Waals surface area contributed by atoms with E-state index >= 15 is 0 Å². The lowest BCUT2D eigenvalue weighted by Crippen LogP contribution is -2.38. The average molecular weight is 659 g/mol. The van der Waals surface area contributed by atoms with Gasteiger partial charge >= 0.3 is 0 Å². The Morgan fingerprint density at radius 3 is 2.43 bits per heavy atom. The number of carbonyl (C=O) groups excluding carboxylic acids is 1. The standard InChI is InChI=1S/C32H43N4O5PS2/c1-31(2)25-19-22(30(37)34(5)38)21-35(15-9-17-43-40)29(25)33-27(31)11-7-6-8-12-28-32(3,4)24-20-23(42-39)13-14-26(24)36(28)16-10-18-44-41/h6-8,11-14,19-21,29,38-42H,9-10,15-18H2,1-5H3/b8-6+,11-7+,28-12+. The molecule has 0 bridgehead atoms. The molecule has 0 aromatic heterocycles. The number of hydroxylamine groups is 2. The summed E-state index contributed by atoms with van der Waals surface area (Å²) in [5, 5.41) is 11.3. The molecule has 9 nitrogen and oxygen atoms in total. The van der Waals surface area contributed by atoms with Crippen molar-refractivity contribution in [1.29, 1.82) is 0 Å². The quantitative estimate of drug-likeness (QED) is 0.0508. The molecule has 3 aliphatic rings. The molecule has 3 aliphatic heterocycles. The zero-order valence-corrected chi connectivity index (χ0v) is 28.5. The summed E-state index contributed by atoms with van der Waals surface area (Å²) in [5.41, 5.74) is 5.05. The molecule has 44 heavy (non-hydrogen) atoms. The smallest absolute Gasteiger partial charge is 0.278 e. The number of hydrogen-bond acceptors (Lipinski definition) is 10. The van der Waals surface area contributed by atoms with Crippen molar-refractivity contribution in [2.24, 2.45) is 10.4 Å². The van der Waals surface area contributed by atoms with Crippen molar-refractivity contribution in [1.82, 2.24) is 9.96 Å². The second kappa shape index (κ2) is 14.8. The fraction of sp³-hybridized carbons (Fsp3) is 0.438. The predicted molar refractivity (Wildman–Crippen MR) is 185 cm³/mol. The van der Waals surface area contributed by atoms with Crippen LogP contribution in [-0.4, -0.2) is 78.6 Å². The predicted octanol–water partition coefficient (Wildman–Crippen LogP) is 5.96. The molecule has 4 N–H and O–H groups in total. The molecule has 0 aliphatic carbocycles. The highest BCUT2D eigenvalue weighted by Crippen LogP contribution is 2.48. The number of nitrogens with zero attached hydrogens (tertiary/aromatic N) is 4. The lowest BCUT2D eigenvalue weighted by Gasteiger charge is -2.34. The summed E-state index contributed by atoms with van der Waals surface area (Å²) in [5.74, 6) is 0.744. The Labute approximate surface area is 271 Å². The van der Waals surface area contributed by atoms with Gasteiger partial charge in [0, 0.05) is 74.6 Å². The van der Waals surface area contributed by atoms with Crippen LogP contribution in [-0.2, 0) is 10.2 Å². The summed E-state index contributed by atoms with van der Waals surface area (Å²) < 4.78 is 18.5. The fourth-order valence-electron chi connectivity index (χ4n) is 5.98. The van der Waals surface area contributed by atoms with E-state index in [2.05, 4.69) is 50.8 Å². The Morgan fingerprint density at radius 2 is 1.77 bits per heavy atom. The van der Waals surface area contributed by atoms with Gasteiger partial charge in [0.05, 0.1) is 5.57 Å². The first kappa shape index (κ1) is 34.5. The normalized spacial score (nSPS) is 21.4. The summed E-state index contributed by atoms with van der Waals surface area (Å²) >= 11 is 1.66. The van der Waals surface area contributed by atoms with Gasteiger partial charge in [-0.25, -0.2) is 5.06 Å². The van der Waals surface area contributed by atoms with E-state index in [0.29, 0.717) is 35.1 Å². The summed E-state index contributed by atoms with van der Waals surface area (Å²) in [7, 11) is 1.06. The van der Waals surface area contributed by atoms with Gasteiger partial charge in [0.15, 0.2) is 0 Å². The highest BCUT2D eigenvalue weighted by Gasteiger charge is 2.43. The monoisotopic (exact) mass is 658 g/mol. The second-order valence-electron chi connectivity index (χ2n) is 12.1. The maximum atomic E-state index is 12.7. The Hall–Kier alpha value is -2.37. The van der Waals surface area contributed by atoms with E-state index in [-0.39, 0.29) is 20.4 Å². The van der Waals surface area contributed by atoms with Gasteiger partial charge in [-0.05, 0) is 83.7 Å². The van der Waals surface area contributed by atoms with Gasteiger partial charge in [-0.1, -0.05) is 52.0 Å². The topological polar surface area (TPSA) is 120 Å². The number of aliphatic imine (C=N–C) groups is 1. The number of benzene rings is 1. The molecular formula is C32H43N4O5PS2. The van der Waals surface area contributed by atoms with Gasteiger partial charge in [-0.15, -0.1) is 0 Å². The van der Waals surface area contributed by atoms with Crippen molar-refractivity contribution in [2.45, 2.75) is 52.1 Å². The van der Waals surface area contributed by atoms with Gasteiger partial charge in [-0.2, -0.15) is 0 Å². The number of likely N-dealkylation sites (N-methyl/N-ethyl adjacent to an activating group) is 1. The Bertz CT molecular complexity index is 1420. The molecular weight excluding hydrogens is 615 g/mol. The van der Waals surface area contributed by atoms with Gasteiger partial charge < -0.3 is 23.8 Å². The van der Waals surface area contributed by atoms with Crippen LogP contribution in [0.15, 0.2) is 82.7 Å². The molecule has 2 atom stereocenters. The molecule has 238 valence electrons. The minimum atomic E-state index is -0.484. The van der Waals surface area contributed by atoms with Crippen LogP contribution in [0.1, 0.15) is 46.1 Å². The summed E-state index contributed by atoms with van der Waals surface area (Å²) in [6, 6.07) is 6.15. The number of hydrogen-bond donors (Lipinski definition) is 4. The minimum absolute atomic E-state index is 0.253. The lowest BCUT2D eigenvalue weighted by atomic mass is 9.78. The highest BCUT2D eigenvalue weighted by molar-refractivity contribution is 7.93. The minimum Gasteiger partial charge on any atom is -0.372 e. The highest BCUT2D eigenvalue weighted by atomic mass is 32.2. The number of fused-ring (bicyclic) bond motifs is 2. The van der Waals surface area contributed by atoms with Crippen LogP contribution < -0.4 is 10.2 Å². The Balaban J connectivity index is 1.58. The zero-order chi connectivity index (χ0) is 32.1. The first-order valence-corrected chi connectivity index (χ1v) is 17.5. The maximum Gasteiger partial charge on any atom is 0.278 e. The summed E-state index contributed by atoms with van der Waals surface area (Å²) in [6.45, 7) is 9.97. The van der Waals surface area contributed by atoms with Gasteiger partial charge in [0.25, 0.3) is 5.91 Å². The lowest BCUT2D eigenvalue weighted by molar-refractivity contribution is -0.154. The first-order valence-electron chi connectivity index (χ1n) is 14.6. The van der Waals surface area contributed by atoms with Crippen LogP contribution in [0, 0.1) is 5.41 Å². The van der Waals surface area contributed by atoms with Crippen molar-refractivity contribution >= 4 is 55.5 Å². The van der Waals surface area contributed by atoms with Crippen LogP contribution >= 0.6 is 32.9 Å². The van der Waals surface area contributed by atoms with Crippen molar-refractivity contribution in [3.05, 3.63) is 83.3 Å². The molecule has 0 saturated carbocycles. The van der Waals surface area contributed by atoms with E-state index in [9.17, 15) is 24.0 Å². The molecule has 2 unspecified atom stereocenters. The third kappa shape index (κ3) is 7.20. The zero-order valence-electron chi connectivity index (χ0n) is 25.9. The van der Waals surface area contributed by atoms with Crippen LogP contribution in [0.2, 0.25) is 0 Å². The van der Waals surface area contributed by atoms with Crippen molar-refractivity contribution in [3.63, 3.8) is 0 Å². The Kier molecular flexibility index (Phi) is 11.6. The molecule has 0 fully saturated rings. The SMILES string of the molecule is CN(O)C(=O)C1=CN(CCCSO)C2N=C(/C=C/C=C/C=C3/N(CCCSO)c4ccc(PO)cc4C3(C)C)C(C)(C)C2=C1. The number of amides is 1. The second-order valence-corrected chi connectivity index (χ2v) is 14.2. The van der Waals surface area contributed by atoms with E-state index in [1.807, 2.05) is 41.3 Å². The van der Waals surface area contributed by atoms with Gasteiger partial charge in [-0.3, -0.25) is 15.0 Å². The van der Waals surface area contributed by atoms with E-state index in [0.717, 1.165) is 65.0 Å². The molecule has 0 saturated heterocycles. The molecule has 0 radical (unpaired) electrons. The van der Waals surface area contributed by atoms with E-state index < -0.39 is 11.3 Å². The first-order chi connectivity index (χ1) is 21.0. The Morgan fingerprint density at radius 1 is 1.07 bits per heavy atom. The number of carbonyl (C=O) groups is 1. The summed E-state index contributed by atoms with van der Waals surface area (Å²) in [6.07, 6.45) is 15.0. The van der Waals surface area contributed by atoms with Crippen molar-refractivity contribution < 1.29 is 24.0 Å². The maximum absolute atomic E-state index is 12.7. The molecule has 1 aromatic rings. The molecule has 4 rings (SSSR count). The molecule has 12 heteroatoms. The molecule has 0 spiro atoms.